The molecule has 6 heterocycles. The highest BCUT2D eigenvalue weighted by Gasteiger charge is 2.43. The van der Waals surface area contributed by atoms with E-state index >= 15 is 0 Å². The van der Waals surface area contributed by atoms with Crippen LogP contribution in [0.5, 0.6) is 0 Å². The third kappa shape index (κ3) is 9.02. The van der Waals surface area contributed by atoms with Gasteiger partial charge >= 0.3 is 0 Å². The average Bonchev–Trinajstić information content (AvgIpc) is 3.59. The van der Waals surface area contributed by atoms with Crippen molar-refractivity contribution in [3.05, 3.63) is 39.2 Å². The fourth-order valence-electron chi connectivity index (χ4n) is 7.61. The molecule has 6 rings (SSSR count). The van der Waals surface area contributed by atoms with Crippen LogP contribution in [0.2, 0.25) is 15.7 Å². The standard InChI is InChI=1S/C15H22ClN5O.C10H20N2.C6H4Cl2N2O/c1-15(2)7-9(6-10-4-3-5-21(10)15)19-13-11(12(17)22)8-18-14(16)20-13;1-10(2)7-8(11)6-9-4-3-5-12(9)10;1-3(11)4-2-9-6(8)10-5(4)7/h8-10H,3-7H2,1-2H3,(H2,17,22)(H,18,19,20);8-9H,3-7,11H2,1-2H3;2H,1H3/t9-,10+;8-,9+;/m11./s1. The molecule has 0 aromatic carbocycles. The van der Waals surface area contributed by atoms with E-state index in [4.69, 9.17) is 46.3 Å². The number of hydrogen-bond acceptors (Lipinski definition) is 10. The lowest BCUT2D eigenvalue weighted by atomic mass is 9.84. The average molecular weight is 683 g/mol. The van der Waals surface area contributed by atoms with E-state index in [1.165, 1.54) is 70.9 Å². The number of anilines is 1. The summed E-state index contributed by atoms with van der Waals surface area (Å²) in [6.07, 6.45) is 12.4. The molecule has 4 atom stereocenters. The molecule has 248 valence electrons. The molecule has 1 amide bonds. The van der Waals surface area contributed by atoms with E-state index in [9.17, 15) is 9.59 Å². The smallest absolute Gasteiger partial charge is 0.254 e. The summed E-state index contributed by atoms with van der Waals surface area (Å²) >= 11 is 16.8. The van der Waals surface area contributed by atoms with Gasteiger partial charge in [-0.2, -0.15) is 4.98 Å². The predicted molar refractivity (Wildman–Crippen MR) is 179 cm³/mol. The normalized spacial score (nSPS) is 26.8. The summed E-state index contributed by atoms with van der Waals surface area (Å²) < 4.78 is 0. The molecular weight excluding hydrogens is 637 g/mol. The molecule has 0 radical (unpaired) electrons. The summed E-state index contributed by atoms with van der Waals surface area (Å²) in [6, 6.07) is 2.08. The van der Waals surface area contributed by atoms with E-state index in [1.54, 1.807) is 0 Å². The van der Waals surface area contributed by atoms with Crippen LogP contribution < -0.4 is 16.8 Å². The van der Waals surface area contributed by atoms with Crippen LogP contribution in [0.25, 0.3) is 0 Å². The SMILES string of the molecule is CC(=O)c1cnc(Cl)nc1Cl.CC1(C)C[C@H](N)C[C@@H]2CCCN21.CC1(C)C[C@H](Nc2nc(Cl)ncc2C(N)=O)C[C@@H]2CCCN21. The van der Waals surface area contributed by atoms with Gasteiger partial charge in [-0.15, -0.1) is 0 Å². The summed E-state index contributed by atoms with van der Waals surface area (Å²) in [5.74, 6) is -0.275. The summed E-state index contributed by atoms with van der Waals surface area (Å²) in [5, 5.41) is 3.63. The molecule has 4 aliphatic heterocycles. The number of nitrogens with two attached hydrogens (primary N) is 2. The highest BCUT2D eigenvalue weighted by atomic mass is 35.5. The van der Waals surface area contributed by atoms with Gasteiger partial charge in [-0.05, 0) is 122 Å². The first-order valence-electron chi connectivity index (χ1n) is 15.6. The van der Waals surface area contributed by atoms with Crippen molar-refractivity contribution in [3.63, 3.8) is 0 Å². The van der Waals surface area contributed by atoms with E-state index in [0.29, 0.717) is 23.4 Å². The van der Waals surface area contributed by atoms with Crippen molar-refractivity contribution >= 4 is 52.3 Å². The Morgan fingerprint density at radius 2 is 1.40 bits per heavy atom. The Balaban J connectivity index is 0.000000169. The van der Waals surface area contributed by atoms with Crippen molar-refractivity contribution in [1.29, 1.82) is 0 Å². The maximum Gasteiger partial charge on any atom is 0.254 e. The van der Waals surface area contributed by atoms with Crippen LogP contribution in [0.3, 0.4) is 0 Å². The summed E-state index contributed by atoms with van der Waals surface area (Å²) in [4.78, 5) is 42.8. The lowest BCUT2D eigenvalue weighted by molar-refractivity contribution is 0.0462. The maximum atomic E-state index is 11.5. The lowest BCUT2D eigenvalue weighted by Gasteiger charge is -2.47. The van der Waals surface area contributed by atoms with Gasteiger partial charge in [-0.25, -0.2) is 15.0 Å². The molecular formula is C31H46Cl3N9O2. The van der Waals surface area contributed by atoms with E-state index in [0.717, 1.165) is 18.9 Å². The van der Waals surface area contributed by atoms with Gasteiger partial charge < -0.3 is 16.8 Å². The highest BCUT2D eigenvalue weighted by Crippen LogP contribution is 2.39. The second-order valence-corrected chi connectivity index (χ2v) is 14.8. The van der Waals surface area contributed by atoms with Crippen LogP contribution in [0.15, 0.2) is 12.4 Å². The second kappa shape index (κ2) is 14.7. The third-order valence-corrected chi connectivity index (χ3v) is 10.1. The number of amides is 1. The van der Waals surface area contributed by atoms with Crippen LogP contribution >= 0.6 is 34.8 Å². The molecule has 0 aliphatic carbocycles. The van der Waals surface area contributed by atoms with Crippen molar-refractivity contribution in [1.82, 2.24) is 29.7 Å². The number of fused-ring (bicyclic) bond motifs is 2. The van der Waals surface area contributed by atoms with Crippen LogP contribution in [0.4, 0.5) is 5.82 Å². The van der Waals surface area contributed by atoms with Gasteiger partial charge in [0.25, 0.3) is 5.91 Å². The number of hydrogen-bond donors (Lipinski definition) is 3. The fraction of sp³-hybridized carbons (Fsp3) is 0.677. The topological polar surface area (TPSA) is 156 Å². The van der Waals surface area contributed by atoms with Gasteiger partial charge in [0.15, 0.2) is 5.78 Å². The molecule has 2 aromatic heterocycles. The number of ketones is 1. The molecule has 0 spiro atoms. The second-order valence-electron chi connectivity index (χ2n) is 13.8. The third-order valence-electron chi connectivity index (χ3n) is 9.41. The van der Waals surface area contributed by atoms with Gasteiger partial charge in [0.05, 0.1) is 11.1 Å². The molecule has 45 heavy (non-hydrogen) atoms. The van der Waals surface area contributed by atoms with Crippen LogP contribution in [-0.4, -0.2) is 89.8 Å². The molecule has 4 fully saturated rings. The molecule has 0 bridgehead atoms. The molecule has 5 N–H and O–H groups in total. The zero-order valence-electron chi connectivity index (χ0n) is 26.8. The van der Waals surface area contributed by atoms with Crippen molar-refractivity contribution in [3.8, 4) is 0 Å². The number of nitrogens with zero attached hydrogens (tertiary/aromatic N) is 6. The Labute approximate surface area is 281 Å². The van der Waals surface area contributed by atoms with Crippen LogP contribution in [0, 0.1) is 0 Å². The predicted octanol–water partition coefficient (Wildman–Crippen LogP) is 5.38. The molecule has 14 heteroatoms. The zero-order chi connectivity index (χ0) is 33.1. The highest BCUT2D eigenvalue weighted by molar-refractivity contribution is 6.34. The van der Waals surface area contributed by atoms with Crippen LogP contribution in [0.1, 0.15) is 107 Å². The lowest BCUT2D eigenvalue weighted by Crippen LogP contribution is -2.55. The molecule has 11 nitrogen and oxygen atoms in total. The first-order chi connectivity index (χ1) is 21.1. The van der Waals surface area contributed by atoms with E-state index in [-0.39, 0.29) is 44.2 Å². The number of aromatic nitrogens is 4. The van der Waals surface area contributed by atoms with E-state index < -0.39 is 5.91 Å². The molecule has 4 saturated heterocycles. The summed E-state index contributed by atoms with van der Waals surface area (Å²) in [5.41, 5.74) is 12.5. The zero-order valence-corrected chi connectivity index (χ0v) is 29.1. The van der Waals surface area contributed by atoms with Gasteiger partial charge in [0, 0.05) is 47.6 Å². The van der Waals surface area contributed by atoms with E-state index in [2.05, 4.69) is 62.7 Å². The number of Topliss-reactive ketones (excluding diaryl/α,β-unsaturated/α-hetero) is 1. The number of carbonyl (C=O) groups is 2. The van der Waals surface area contributed by atoms with Crippen LogP contribution in [-0.2, 0) is 0 Å². The minimum Gasteiger partial charge on any atom is -0.366 e. The summed E-state index contributed by atoms with van der Waals surface area (Å²) in [7, 11) is 0. The van der Waals surface area contributed by atoms with E-state index in [1.807, 2.05) is 0 Å². The summed E-state index contributed by atoms with van der Waals surface area (Å²) in [6.45, 7) is 13.1. The largest absolute Gasteiger partial charge is 0.366 e. The van der Waals surface area contributed by atoms with Crippen molar-refractivity contribution in [2.75, 3.05) is 18.4 Å². The monoisotopic (exact) mass is 681 g/mol. The Morgan fingerprint density at radius 3 is 1.96 bits per heavy atom. The molecule has 2 aromatic rings. The molecule has 0 saturated carbocycles. The Morgan fingerprint density at radius 1 is 0.867 bits per heavy atom. The maximum absolute atomic E-state index is 11.5. The Bertz CT molecular complexity index is 1380. The molecule has 0 unspecified atom stereocenters. The van der Waals surface area contributed by atoms with Gasteiger partial charge in [0.1, 0.15) is 11.0 Å². The number of carbonyl (C=O) groups excluding carboxylic acids is 2. The molecule has 4 aliphatic rings. The number of nitrogens with one attached hydrogen (secondary N) is 1. The first-order valence-corrected chi connectivity index (χ1v) is 16.8. The van der Waals surface area contributed by atoms with Gasteiger partial charge in [-0.1, -0.05) is 11.6 Å². The number of rotatable bonds is 4. The number of halogens is 3. The van der Waals surface area contributed by atoms with Crippen molar-refractivity contribution in [2.45, 2.75) is 121 Å². The van der Waals surface area contributed by atoms with Crippen molar-refractivity contribution < 1.29 is 9.59 Å². The number of primary amides is 1. The fourth-order valence-corrected chi connectivity index (χ4v) is 8.18. The quantitative estimate of drug-likeness (QED) is 0.217. The van der Waals surface area contributed by atoms with Gasteiger partial charge in [0.2, 0.25) is 10.6 Å². The minimum atomic E-state index is -0.545. The minimum absolute atomic E-state index is 0.0417. The number of piperidine rings is 2. The Kier molecular flexibility index (Phi) is 11.7. The Hall–Kier alpha value is -2.15. The first kappa shape index (κ1) is 35.7. The van der Waals surface area contributed by atoms with Crippen molar-refractivity contribution in [2.24, 2.45) is 11.5 Å². The van der Waals surface area contributed by atoms with Gasteiger partial charge in [-0.3, -0.25) is 19.4 Å².